The second-order valence-corrected chi connectivity index (χ2v) is 20.6. The fourth-order valence-electron chi connectivity index (χ4n) is 13.3. The molecule has 76 heavy (non-hydrogen) atoms. The largest absolute Gasteiger partial charge is 0.310 e. The third-order valence-electron chi connectivity index (χ3n) is 16.5. The van der Waals surface area contributed by atoms with Crippen molar-refractivity contribution >= 4 is 61.5 Å². The van der Waals surface area contributed by atoms with Crippen LogP contribution in [0.3, 0.4) is 0 Å². The molecule has 10 aromatic carbocycles. The van der Waals surface area contributed by atoms with E-state index in [1.807, 2.05) is 0 Å². The first-order valence-electron chi connectivity index (χ1n) is 26.8. The minimum absolute atomic E-state index is 0.321. The molecule has 0 amide bonds. The van der Waals surface area contributed by atoms with E-state index >= 15 is 0 Å². The van der Waals surface area contributed by atoms with Crippen molar-refractivity contribution in [1.82, 2.24) is 4.57 Å². The van der Waals surface area contributed by atoms with Gasteiger partial charge in [0.2, 0.25) is 0 Å². The summed E-state index contributed by atoms with van der Waals surface area (Å²) in [7, 11) is 0. The molecule has 0 fully saturated rings. The Hall–Kier alpha value is -9.44. The Morgan fingerprint density at radius 3 is 1.79 bits per heavy atom. The van der Waals surface area contributed by atoms with Crippen LogP contribution < -0.4 is 9.80 Å². The van der Waals surface area contributed by atoms with E-state index in [9.17, 15) is 0 Å². The monoisotopic (exact) mass is 971 g/mol. The lowest BCUT2D eigenvalue weighted by Gasteiger charge is -2.34. The molecule has 1 aromatic heterocycles. The van der Waals surface area contributed by atoms with E-state index in [0.717, 1.165) is 70.2 Å². The molecule has 0 N–H and O–H groups in total. The average molecular weight is 972 g/mol. The van der Waals surface area contributed by atoms with Gasteiger partial charge in [0.05, 0.1) is 16.4 Å². The summed E-state index contributed by atoms with van der Waals surface area (Å²) in [4.78, 5) is 4.92. The van der Waals surface area contributed by atoms with E-state index in [1.54, 1.807) is 0 Å². The van der Waals surface area contributed by atoms with Gasteiger partial charge in [-0.15, -0.1) is 0 Å². The number of benzene rings is 10. The van der Waals surface area contributed by atoms with E-state index in [1.165, 1.54) is 71.9 Å². The van der Waals surface area contributed by atoms with Crippen LogP contribution in [0.15, 0.2) is 285 Å². The first kappa shape index (κ1) is 44.1. The van der Waals surface area contributed by atoms with Crippen molar-refractivity contribution in [2.45, 2.75) is 30.6 Å². The normalized spacial score (nSPS) is 16.8. The van der Waals surface area contributed by atoms with E-state index < -0.39 is 5.41 Å². The molecule has 0 bridgehead atoms. The number of anilines is 6. The summed E-state index contributed by atoms with van der Waals surface area (Å²) >= 11 is 0. The number of nitrogens with zero attached hydrogens (tertiary/aromatic N) is 3. The maximum atomic E-state index is 2.53. The molecule has 3 nitrogen and oxygen atoms in total. The number of hydrogen-bond donors (Lipinski definition) is 0. The van der Waals surface area contributed by atoms with E-state index in [-0.39, 0.29) is 0 Å². The Kier molecular flexibility index (Phi) is 10.4. The van der Waals surface area contributed by atoms with Crippen LogP contribution in [0.4, 0.5) is 34.1 Å². The van der Waals surface area contributed by atoms with Crippen LogP contribution in [0.25, 0.3) is 55.3 Å². The number of aromatic nitrogens is 1. The molecule has 0 saturated carbocycles. The van der Waals surface area contributed by atoms with Gasteiger partial charge in [0.25, 0.3) is 0 Å². The highest BCUT2D eigenvalue weighted by Gasteiger charge is 2.55. The highest BCUT2D eigenvalue weighted by Crippen LogP contribution is 2.65. The van der Waals surface area contributed by atoms with Gasteiger partial charge in [-0.25, -0.2) is 0 Å². The molecule has 2 atom stereocenters. The van der Waals surface area contributed by atoms with Crippen molar-refractivity contribution < 1.29 is 0 Å². The Morgan fingerprint density at radius 2 is 1.03 bits per heavy atom. The molecule has 3 heteroatoms. The third kappa shape index (κ3) is 6.89. The summed E-state index contributed by atoms with van der Waals surface area (Å²) in [6.07, 6.45) is 17.1. The lowest BCUT2D eigenvalue weighted by molar-refractivity contribution is 0.708. The minimum atomic E-state index is -0.419. The van der Waals surface area contributed by atoms with Gasteiger partial charge in [0.15, 0.2) is 0 Å². The molecule has 15 rings (SSSR count). The molecule has 0 aliphatic heterocycles. The Labute approximate surface area is 444 Å². The summed E-state index contributed by atoms with van der Waals surface area (Å²) < 4.78 is 2.40. The van der Waals surface area contributed by atoms with Crippen molar-refractivity contribution in [2.24, 2.45) is 0 Å². The van der Waals surface area contributed by atoms with Crippen LogP contribution in [-0.2, 0) is 5.41 Å². The number of fused-ring (bicyclic) bond motifs is 13. The molecule has 1 heterocycles. The number of hydrogen-bond acceptors (Lipinski definition) is 2. The van der Waals surface area contributed by atoms with Crippen LogP contribution in [0.1, 0.15) is 53.0 Å². The maximum Gasteiger partial charge on any atom is 0.0686 e. The minimum Gasteiger partial charge on any atom is -0.310 e. The predicted molar refractivity (Wildman–Crippen MR) is 318 cm³/mol. The molecule has 11 aromatic rings. The lowest BCUT2D eigenvalue weighted by atomic mass is 9.69. The number of allylic oxidation sites excluding steroid dienone is 8. The average Bonchev–Trinajstić information content (AvgIpc) is 4.20. The summed E-state index contributed by atoms with van der Waals surface area (Å²) in [6, 6.07) is 90.5. The van der Waals surface area contributed by atoms with Crippen molar-refractivity contribution in [3.63, 3.8) is 0 Å². The predicted octanol–water partition coefficient (Wildman–Crippen LogP) is 19.4. The molecule has 0 radical (unpaired) electrons. The molecular weight excluding hydrogens is 919 g/mol. The van der Waals surface area contributed by atoms with Gasteiger partial charge in [-0.1, -0.05) is 182 Å². The maximum absolute atomic E-state index is 2.53. The van der Waals surface area contributed by atoms with Crippen LogP contribution in [-0.4, -0.2) is 4.57 Å². The Bertz CT molecular complexity index is 4200. The Balaban J connectivity index is 0.976. The zero-order chi connectivity index (χ0) is 50.2. The first-order chi connectivity index (χ1) is 37.7. The smallest absolute Gasteiger partial charge is 0.0686 e. The highest BCUT2D eigenvalue weighted by molar-refractivity contribution is 6.10. The molecule has 1 spiro atoms. The fourth-order valence-corrected chi connectivity index (χ4v) is 13.3. The summed E-state index contributed by atoms with van der Waals surface area (Å²) in [5, 5.41) is 2.45. The quantitative estimate of drug-likeness (QED) is 0.143. The van der Waals surface area contributed by atoms with Crippen LogP contribution in [0.5, 0.6) is 0 Å². The van der Waals surface area contributed by atoms with Gasteiger partial charge in [-0.2, -0.15) is 0 Å². The summed E-state index contributed by atoms with van der Waals surface area (Å²) in [5.41, 5.74) is 24.0. The summed E-state index contributed by atoms with van der Waals surface area (Å²) in [5.74, 6) is 0.321. The van der Waals surface area contributed by atoms with E-state index in [4.69, 9.17) is 0 Å². The number of para-hydroxylation sites is 4. The van der Waals surface area contributed by atoms with Crippen molar-refractivity contribution in [3.8, 4) is 27.9 Å². The van der Waals surface area contributed by atoms with Crippen LogP contribution in [0.2, 0.25) is 0 Å². The second-order valence-electron chi connectivity index (χ2n) is 20.6. The number of rotatable bonds is 9. The SMILES string of the molecule is C1=CCC2C(=C1)C1(c3ccccc3-c3ccc(N(c4ccccc4)c4cc(-c5ccc6c(c5)c5ccccc5n6-c5ccccc5)cc(N(c5ccccc5)c5ccc(C6=CCCC=C6)cc5)c4)cc31)c1ccccc12. The van der Waals surface area contributed by atoms with Gasteiger partial charge in [0.1, 0.15) is 0 Å². The summed E-state index contributed by atoms with van der Waals surface area (Å²) in [6.45, 7) is 0. The van der Waals surface area contributed by atoms with Crippen molar-refractivity contribution in [2.75, 3.05) is 9.80 Å². The molecule has 2 unspecified atom stereocenters. The standard InChI is InChI=1S/C73H53N3/c1-5-21-50(22-6-1)51-37-40-57(41-38-51)74(54-23-7-2-8-24-54)59-45-53(52-39-44-72-66(47-52)65-32-16-20-36-71(65)76(72)56-27-11-4-12-28-56)46-60(48-59)75(55-25-9-3-10-26-55)58-42-43-64-63-31-15-19-35-69(63)73(70(64)49-58)67-33-17-13-29-61(67)62-30-14-18-34-68(62)73/h2-5,7-29,31-49,62H,1,6,30H2. The first-order valence-corrected chi connectivity index (χ1v) is 26.8. The Morgan fingerprint density at radius 1 is 0.408 bits per heavy atom. The molecule has 4 aliphatic carbocycles. The van der Waals surface area contributed by atoms with Crippen LogP contribution in [0, 0.1) is 0 Å². The van der Waals surface area contributed by atoms with Gasteiger partial charge in [-0.3, -0.25) is 0 Å². The van der Waals surface area contributed by atoms with Crippen molar-refractivity contribution in [3.05, 3.63) is 313 Å². The zero-order valence-electron chi connectivity index (χ0n) is 42.1. The van der Waals surface area contributed by atoms with Crippen LogP contribution >= 0.6 is 0 Å². The highest BCUT2D eigenvalue weighted by atomic mass is 15.2. The van der Waals surface area contributed by atoms with E-state index in [0.29, 0.717) is 5.92 Å². The van der Waals surface area contributed by atoms with Gasteiger partial charge >= 0.3 is 0 Å². The lowest BCUT2D eigenvalue weighted by Crippen LogP contribution is -2.27. The fraction of sp³-hybridized carbons (Fsp3) is 0.0685. The second kappa shape index (κ2) is 17.9. The molecule has 0 saturated heterocycles. The van der Waals surface area contributed by atoms with Gasteiger partial charge in [-0.05, 0) is 178 Å². The van der Waals surface area contributed by atoms with Gasteiger partial charge < -0.3 is 14.4 Å². The van der Waals surface area contributed by atoms with Gasteiger partial charge in [0, 0.05) is 56.5 Å². The topological polar surface area (TPSA) is 11.4 Å². The molecule has 360 valence electrons. The molecular formula is C73H53N3. The third-order valence-corrected chi connectivity index (χ3v) is 16.5. The van der Waals surface area contributed by atoms with Crippen molar-refractivity contribution in [1.29, 1.82) is 0 Å². The van der Waals surface area contributed by atoms with E-state index in [2.05, 4.69) is 293 Å². The molecule has 4 aliphatic rings. The zero-order valence-corrected chi connectivity index (χ0v) is 42.1.